The normalized spacial score (nSPS) is 21.5. The van der Waals surface area contributed by atoms with Crippen molar-refractivity contribution >= 4 is 17.5 Å². The first-order valence-electron chi connectivity index (χ1n) is 4.93. The number of nitrogens with two attached hydrogens (primary N) is 1. The Bertz CT molecular complexity index is 446. The Morgan fingerprint density at radius 2 is 2.31 bits per heavy atom. The summed E-state index contributed by atoms with van der Waals surface area (Å²) in [5, 5.41) is 13.8. The van der Waals surface area contributed by atoms with Gasteiger partial charge in [0.2, 0.25) is 11.8 Å². The van der Waals surface area contributed by atoms with Gasteiger partial charge in [0.25, 0.3) is 0 Å². The van der Waals surface area contributed by atoms with Crippen LogP contribution in [-0.4, -0.2) is 20.9 Å². The van der Waals surface area contributed by atoms with E-state index in [1.54, 1.807) is 0 Å². The Kier molecular flexibility index (Phi) is 2.18. The molecule has 0 aromatic carbocycles. The van der Waals surface area contributed by atoms with Crippen molar-refractivity contribution in [2.24, 2.45) is 5.41 Å². The van der Waals surface area contributed by atoms with Gasteiger partial charge in [0.15, 0.2) is 0 Å². The monoisotopic (exact) mass is 223 g/mol. The van der Waals surface area contributed by atoms with Crippen molar-refractivity contribution in [2.75, 3.05) is 11.1 Å². The molecule has 1 fully saturated rings. The Balaban J connectivity index is 2.25. The molecule has 1 unspecified atom stereocenters. The van der Waals surface area contributed by atoms with Gasteiger partial charge in [0.1, 0.15) is 6.20 Å². The molecule has 16 heavy (non-hydrogen) atoms. The highest BCUT2D eigenvalue weighted by atomic mass is 16.6. The second kappa shape index (κ2) is 3.29. The molecule has 0 bridgehead atoms. The van der Waals surface area contributed by atoms with Crippen LogP contribution in [0.25, 0.3) is 0 Å². The molecule has 1 aromatic heterocycles. The molecule has 1 aromatic rings. The van der Waals surface area contributed by atoms with Crippen LogP contribution in [0.2, 0.25) is 0 Å². The minimum Gasteiger partial charge on any atom is -0.368 e. The van der Waals surface area contributed by atoms with Crippen molar-refractivity contribution in [3.8, 4) is 0 Å². The van der Waals surface area contributed by atoms with Gasteiger partial charge in [-0.05, 0) is 11.8 Å². The lowest BCUT2D eigenvalue weighted by atomic mass is 10.2. The van der Waals surface area contributed by atoms with Crippen LogP contribution in [0.1, 0.15) is 20.3 Å². The second-order valence-corrected chi connectivity index (χ2v) is 4.61. The topological polar surface area (TPSA) is 107 Å². The molecule has 1 saturated carbocycles. The van der Waals surface area contributed by atoms with E-state index in [2.05, 4.69) is 29.1 Å². The number of hydrogen-bond donors (Lipinski definition) is 2. The number of aromatic nitrogens is 2. The van der Waals surface area contributed by atoms with E-state index < -0.39 is 4.92 Å². The van der Waals surface area contributed by atoms with Crippen molar-refractivity contribution in [1.82, 2.24) is 9.97 Å². The summed E-state index contributed by atoms with van der Waals surface area (Å²) in [5.41, 5.74) is 5.43. The van der Waals surface area contributed by atoms with Crippen molar-refractivity contribution in [3.05, 3.63) is 16.3 Å². The molecule has 86 valence electrons. The molecule has 3 N–H and O–H groups in total. The molecule has 7 nitrogen and oxygen atoms in total. The third kappa shape index (κ3) is 1.88. The number of anilines is 2. The average Bonchev–Trinajstić information content (AvgIpc) is 2.72. The van der Waals surface area contributed by atoms with Gasteiger partial charge in [-0.3, -0.25) is 10.1 Å². The maximum atomic E-state index is 10.7. The summed E-state index contributed by atoms with van der Waals surface area (Å²) in [6.07, 6.45) is 2.09. The first-order chi connectivity index (χ1) is 7.40. The lowest BCUT2D eigenvalue weighted by molar-refractivity contribution is -0.384. The van der Waals surface area contributed by atoms with E-state index in [9.17, 15) is 10.1 Å². The van der Waals surface area contributed by atoms with E-state index >= 15 is 0 Å². The van der Waals surface area contributed by atoms with Crippen molar-refractivity contribution in [1.29, 1.82) is 0 Å². The molecule has 0 radical (unpaired) electrons. The number of nitrogen functional groups attached to an aromatic ring is 1. The van der Waals surface area contributed by atoms with Gasteiger partial charge in [-0.2, -0.15) is 4.98 Å². The fourth-order valence-corrected chi connectivity index (χ4v) is 1.51. The summed E-state index contributed by atoms with van der Waals surface area (Å²) >= 11 is 0. The third-order valence-corrected chi connectivity index (χ3v) is 2.81. The Labute approximate surface area is 92.2 Å². The van der Waals surface area contributed by atoms with Gasteiger partial charge in [0.05, 0.1) is 4.92 Å². The molecular weight excluding hydrogens is 210 g/mol. The summed E-state index contributed by atoms with van der Waals surface area (Å²) in [7, 11) is 0. The highest BCUT2D eigenvalue weighted by molar-refractivity contribution is 5.57. The fraction of sp³-hybridized carbons (Fsp3) is 0.556. The Hall–Kier alpha value is -1.92. The number of nitrogens with one attached hydrogen (secondary N) is 1. The van der Waals surface area contributed by atoms with Crippen LogP contribution in [0, 0.1) is 15.5 Å². The molecule has 0 amide bonds. The van der Waals surface area contributed by atoms with Crippen molar-refractivity contribution in [3.63, 3.8) is 0 Å². The standard InChI is InChI=1S/C9H13N5O2/c1-9(2)3-6(9)12-7-5(14(15)16)4-11-8(10)13-7/h4,6H,3H2,1-2H3,(H3,10,11,12,13). The van der Waals surface area contributed by atoms with Crippen LogP contribution in [0.4, 0.5) is 17.5 Å². The zero-order valence-electron chi connectivity index (χ0n) is 9.10. The van der Waals surface area contributed by atoms with Crippen LogP contribution >= 0.6 is 0 Å². The zero-order valence-corrected chi connectivity index (χ0v) is 9.10. The largest absolute Gasteiger partial charge is 0.368 e. The fourth-order valence-electron chi connectivity index (χ4n) is 1.51. The Morgan fingerprint density at radius 1 is 1.69 bits per heavy atom. The zero-order chi connectivity index (χ0) is 11.9. The number of rotatable bonds is 3. The summed E-state index contributed by atoms with van der Waals surface area (Å²) in [6, 6.07) is 0.209. The van der Waals surface area contributed by atoms with E-state index in [-0.39, 0.29) is 28.9 Å². The van der Waals surface area contributed by atoms with Crippen molar-refractivity contribution in [2.45, 2.75) is 26.3 Å². The van der Waals surface area contributed by atoms with E-state index in [4.69, 9.17) is 5.73 Å². The second-order valence-electron chi connectivity index (χ2n) is 4.61. The SMILES string of the molecule is CC1(C)CC1Nc1nc(N)ncc1[N+](=O)[O-]. The molecule has 1 aliphatic carbocycles. The molecule has 0 saturated heterocycles. The summed E-state index contributed by atoms with van der Waals surface area (Å²) in [4.78, 5) is 17.7. The average molecular weight is 223 g/mol. The molecule has 2 rings (SSSR count). The van der Waals surface area contributed by atoms with Crippen molar-refractivity contribution < 1.29 is 4.92 Å². The van der Waals surface area contributed by atoms with Crippen LogP contribution in [0.15, 0.2) is 6.20 Å². The molecule has 1 heterocycles. The first-order valence-corrected chi connectivity index (χ1v) is 4.93. The molecule has 1 aliphatic rings. The maximum Gasteiger partial charge on any atom is 0.329 e. The minimum atomic E-state index is -0.517. The van der Waals surface area contributed by atoms with E-state index in [0.717, 1.165) is 12.6 Å². The lowest BCUT2D eigenvalue weighted by Gasteiger charge is -2.07. The smallest absolute Gasteiger partial charge is 0.329 e. The molecule has 0 aliphatic heterocycles. The lowest BCUT2D eigenvalue weighted by Crippen LogP contribution is -2.12. The first kappa shape index (κ1) is 10.6. The van der Waals surface area contributed by atoms with E-state index in [1.807, 2.05) is 0 Å². The predicted octanol–water partition coefficient (Wildman–Crippen LogP) is 1.18. The van der Waals surface area contributed by atoms with Gasteiger partial charge in [-0.1, -0.05) is 13.8 Å². The third-order valence-electron chi connectivity index (χ3n) is 2.81. The van der Waals surface area contributed by atoms with Crippen LogP contribution < -0.4 is 11.1 Å². The number of nitrogens with zero attached hydrogens (tertiary/aromatic N) is 3. The van der Waals surface area contributed by atoms with Gasteiger partial charge in [-0.15, -0.1) is 0 Å². The molecule has 0 spiro atoms. The maximum absolute atomic E-state index is 10.7. The Morgan fingerprint density at radius 3 is 2.81 bits per heavy atom. The summed E-state index contributed by atoms with van der Waals surface area (Å²) in [5.74, 6) is 0.236. The van der Waals surface area contributed by atoms with Gasteiger partial charge in [-0.25, -0.2) is 4.98 Å². The molecular formula is C9H13N5O2. The van der Waals surface area contributed by atoms with Crippen LogP contribution in [0.5, 0.6) is 0 Å². The minimum absolute atomic E-state index is 0.0338. The number of hydrogen-bond acceptors (Lipinski definition) is 6. The molecule has 1 atom stereocenters. The highest BCUT2D eigenvalue weighted by Crippen LogP contribution is 2.47. The van der Waals surface area contributed by atoms with Gasteiger partial charge < -0.3 is 11.1 Å². The van der Waals surface area contributed by atoms with Crippen LogP contribution in [0.3, 0.4) is 0 Å². The summed E-state index contributed by atoms with van der Waals surface area (Å²) in [6.45, 7) is 4.17. The van der Waals surface area contributed by atoms with Crippen LogP contribution in [-0.2, 0) is 0 Å². The summed E-state index contributed by atoms with van der Waals surface area (Å²) < 4.78 is 0. The van der Waals surface area contributed by atoms with Gasteiger partial charge >= 0.3 is 5.69 Å². The molecule has 7 heteroatoms. The van der Waals surface area contributed by atoms with E-state index in [1.165, 1.54) is 0 Å². The van der Waals surface area contributed by atoms with Gasteiger partial charge in [0, 0.05) is 6.04 Å². The number of nitro groups is 1. The quantitative estimate of drug-likeness (QED) is 0.588. The highest BCUT2D eigenvalue weighted by Gasteiger charge is 2.46. The van der Waals surface area contributed by atoms with E-state index in [0.29, 0.717) is 0 Å². The predicted molar refractivity (Wildman–Crippen MR) is 58.9 cm³/mol.